The zero-order valence-electron chi connectivity index (χ0n) is 9.87. The van der Waals surface area contributed by atoms with Crippen LogP contribution in [0.2, 0.25) is 0 Å². The van der Waals surface area contributed by atoms with Gasteiger partial charge in [0.25, 0.3) is 0 Å². The Balaban J connectivity index is 2.03. The number of hydrogen-bond acceptors (Lipinski definition) is 2. The lowest BCUT2D eigenvalue weighted by Gasteiger charge is -2.10. The highest BCUT2D eigenvalue weighted by molar-refractivity contribution is 9.11. The Kier molecular flexibility index (Phi) is 4.63. The van der Waals surface area contributed by atoms with E-state index in [9.17, 15) is 0 Å². The summed E-state index contributed by atoms with van der Waals surface area (Å²) in [5.74, 6) is 0. The van der Waals surface area contributed by atoms with Crippen LogP contribution in [0.1, 0.15) is 24.5 Å². The van der Waals surface area contributed by atoms with Gasteiger partial charge in [0, 0.05) is 12.2 Å². The summed E-state index contributed by atoms with van der Waals surface area (Å²) in [5, 5.41) is 5.69. The third kappa shape index (κ3) is 3.58. The molecule has 0 saturated carbocycles. The van der Waals surface area contributed by atoms with Crippen molar-refractivity contribution < 1.29 is 0 Å². The summed E-state index contributed by atoms with van der Waals surface area (Å²) in [5.41, 5.74) is 3.99. The first kappa shape index (κ1) is 12.7. The minimum atomic E-state index is 0.892. The Morgan fingerprint density at radius 2 is 2.12 bits per heavy atom. The molecule has 1 aromatic heterocycles. The fraction of sp³-hybridized carbons (Fsp3) is 0.286. The third-order valence-electron chi connectivity index (χ3n) is 2.64. The summed E-state index contributed by atoms with van der Waals surface area (Å²) >= 11 is 5.22. The van der Waals surface area contributed by atoms with Crippen molar-refractivity contribution in [3.63, 3.8) is 0 Å². The van der Waals surface area contributed by atoms with E-state index in [-0.39, 0.29) is 0 Å². The Labute approximate surface area is 115 Å². The second-order valence-electron chi connectivity index (χ2n) is 4.02. The zero-order chi connectivity index (χ0) is 12.1. The molecule has 1 N–H and O–H groups in total. The Morgan fingerprint density at radius 1 is 1.29 bits per heavy atom. The van der Waals surface area contributed by atoms with Crippen molar-refractivity contribution in [1.29, 1.82) is 0 Å². The molecule has 0 amide bonds. The molecule has 0 saturated heterocycles. The fourth-order valence-electron chi connectivity index (χ4n) is 1.82. The maximum Gasteiger partial charge on any atom is 0.0701 e. The van der Waals surface area contributed by atoms with E-state index in [0.29, 0.717) is 0 Å². The molecule has 0 atom stereocenters. The van der Waals surface area contributed by atoms with Crippen molar-refractivity contribution in [2.24, 2.45) is 0 Å². The van der Waals surface area contributed by atoms with Crippen LogP contribution in [0.25, 0.3) is 0 Å². The average Bonchev–Trinajstić information content (AvgIpc) is 2.74. The summed E-state index contributed by atoms with van der Waals surface area (Å²) in [6.45, 7) is 3.11. The monoisotopic (exact) mass is 309 g/mol. The summed E-state index contributed by atoms with van der Waals surface area (Å²) in [7, 11) is 0. The molecular formula is C14H16BrNS. The molecule has 0 spiro atoms. The maximum atomic E-state index is 3.51. The van der Waals surface area contributed by atoms with Crippen LogP contribution in [-0.2, 0) is 13.0 Å². The SMILES string of the molecule is CCCc1ccccc1NCc1csc(Br)c1. The van der Waals surface area contributed by atoms with Crippen LogP contribution in [0, 0.1) is 0 Å². The van der Waals surface area contributed by atoms with Gasteiger partial charge in [-0.1, -0.05) is 31.5 Å². The van der Waals surface area contributed by atoms with Crippen LogP contribution in [0.15, 0.2) is 39.5 Å². The summed E-state index contributed by atoms with van der Waals surface area (Å²) in [6.07, 6.45) is 2.32. The van der Waals surface area contributed by atoms with Crippen LogP contribution in [0.4, 0.5) is 5.69 Å². The van der Waals surface area contributed by atoms with Crippen LogP contribution >= 0.6 is 27.3 Å². The first-order chi connectivity index (χ1) is 8.29. The van der Waals surface area contributed by atoms with E-state index < -0.39 is 0 Å². The normalized spacial score (nSPS) is 10.5. The molecule has 0 radical (unpaired) electrons. The van der Waals surface area contributed by atoms with Crippen molar-refractivity contribution >= 4 is 33.0 Å². The van der Waals surface area contributed by atoms with Crippen molar-refractivity contribution in [3.8, 4) is 0 Å². The summed E-state index contributed by atoms with van der Waals surface area (Å²) in [4.78, 5) is 0. The van der Waals surface area contributed by atoms with E-state index in [4.69, 9.17) is 0 Å². The third-order valence-corrected chi connectivity index (χ3v) is 4.19. The van der Waals surface area contributed by atoms with Crippen LogP contribution in [0.5, 0.6) is 0 Å². The van der Waals surface area contributed by atoms with Crippen LogP contribution in [0.3, 0.4) is 0 Å². The minimum Gasteiger partial charge on any atom is -0.381 e. The van der Waals surface area contributed by atoms with Gasteiger partial charge in [-0.05, 0) is 51.0 Å². The topological polar surface area (TPSA) is 12.0 Å². The standard InChI is InChI=1S/C14H16BrNS/c1-2-5-12-6-3-4-7-13(12)16-9-11-8-14(15)17-10-11/h3-4,6-8,10,16H,2,5,9H2,1H3. The number of aryl methyl sites for hydroxylation is 1. The van der Waals surface area contributed by atoms with Crippen molar-refractivity contribution in [2.75, 3.05) is 5.32 Å². The Morgan fingerprint density at radius 3 is 2.82 bits per heavy atom. The highest BCUT2D eigenvalue weighted by atomic mass is 79.9. The number of thiophene rings is 1. The molecule has 3 heteroatoms. The molecule has 0 bridgehead atoms. The number of halogens is 1. The Hall–Kier alpha value is -0.800. The number of hydrogen-bond donors (Lipinski definition) is 1. The van der Waals surface area contributed by atoms with Crippen LogP contribution < -0.4 is 5.32 Å². The number of benzene rings is 1. The van der Waals surface area contributed by atoms with Gasteiger partial charge in [-0.2, -0.15) is 0 Å². The van der Waals surface area contributed by atoms with Crippen molar-refractivity contribution in [1.82, 2.24) is 0 Å². The second kappa shape index (κ2) is 6.22. The molecule has 17 heavy (non-hydrogen) atoms. The van der Waals surface area contributed by atoms with Gasteiger partial charge in [-0.15, -0.1) is 11.3 Å². The van der Waals surface area contributed by atoms with Gasteiger partial charge < -0.3 is 5.32 Å². The molecule has 90 valence electrons. The van der Waals surface area contributed by atoms with Gasteiger partial charge in [0.2, 0.25) is 0 Å². The summed E-state index contributed by atoms with van der Waals surface area (Å²) < 4.78 is 1.19. The van der Waals surface area contributed by atoms with Crippen LogP contribution in [-0.4, -0.2) is 0 Å². The molecule has 0 aliphatic rings. The average molecular weight is 310 g/mol. The highest BCUT2D eigenvalue weighted by Gasteiger charge is 2.01. The lowest BCUT2D eigenvalue weighted by atomic mass is 10.1. The molecule has 0 aliphatic carbocycles. The number of rotatable bonds is 5. The first-order valence-corrected chi connectivity index (χ1v) is 7.51. The fourth-order valence-corrected chi connectivity index (χ4v) is 3.03. The molecule has 1 aromatic carbocycles. The molecule has 2 rings (SSSR count). The second-order valence-corrected chi connectivity index (χ2v) is 6.31. The molecule has 0 fully saturated rings. The molecule has 0 unspecified atom stereocenters. The van der Waals surface area contributed by atoms with E-state index in [0.717, 1.165) is 13.0 Å². The van der Waals surface area contributed by atoms with Gasteiger partial charge in [0.05, 0.1) is 3.79 Å². The lowest BCUT2D eigenvalue weighted by Crippen LogP contribution is -2.01. The molecule has 2 aromatic rings. The van der Waals surface area contributed by atoms with Gasteiger partial charge in [0.15, 0.2) is 0 Å². The zero-order valence-corrected chi connectivity index (χ0v) is 12.3. The largest absolute Gasteiger partial charge is 0.381 e. The van der Waals surface area contributed by atoms with Gasteiger partial charge in [0.1, 0.15) is 0 Å². The van der Waals surface area contributed by atoms with Gasteiger partial charge >= 0.3 is 0 Å². The highest BCUT2D eigenvalue weighted by Crippen LogP contribution is 2.22. The van der Waals surface area contributed by atoms with Gasteiger partial charge in [-0.3, -0.25) is 0 Å². The van der Waals surface area contributed by atoms with E-state index in [1.807, 2.05) is 0 Å². The van der Waals surface area contributed by atoms with Crippen molar-refractivity contribution in [3.05, 3.63) is 50.6 Å². The minimum absolute atomic E-state index is 0.892. The number of nitrogens with one attached hydrogen (secondary N) is 1. The summed E-state index contributed by atoms with van der Waals surface area (Å²) in [6, 6.07) is 10.7. The first-order valence-electron chi connectivity index (χ1n) is 5.84. The van der Waals surface area contributed by atoms with E-state index in [1.165, 1.54) is 27.0 Å². The predicted molar refractivity (Wildman–Crippen MR) is 79.8 cm³/mol. The predicted octanol–water partition coefficient (Wildman–Crippen LogP) is 5.08. The molecule has 1 nitrogen and oxygen atoms in total. The van der Waals surface area contributed by atoms with E-state index in [1.54, 1.807) is 11.3 Å². The quantitative estimate of drug-likeness (QED) is 0.812. The lowest BCUT2D eigenvalue weighted by molar-refractivity contribution is 0.919. The number of para-hydroxylation sites is 1. The van der Waals surface area contributed by atoms with E-state index in [2.05, 4.69) is 63.9 Å². The molecular weight excluding hydrogens is 294 g/mol. The number of anilines is 1. The molecule has 0 aliphatic heterocycles. The van der Waals surface area contributed by atoms with E-state index >= 15 is 0 Å². The smallest absolute Gasteiger partial charge is 0.0701 e. The maximum absolute atomic E-state index is 3.51. The van der Waals surface area contributed by atoms with Gasteiger partial charge in [-0.25, -0.2) is 0 Å². The molecule has 1 heterocycles. The van der Waals surface area contributed by atoms with Crippen molar-refractivity contribution in [2.45, 2.75) is 26.3 Å². The Bertz CT molecular complexity index is 479.